The fourth-order valence-corrected chi connectivity index (χ4v) is 6.65. The Labute approximate surface area is 237 Å². The van der Waals surface area contributed by atoms with Crippen LogP contribution in [0.1, 0.15) is 180 Å². The lowest BCUT2D eigenvalue weighted by atomic mass is 10.0. The molecule has 36 heavy (non-hydrogen) atoms. The minimum absolute atomic E-state index is 0.666. The zero-order valence-electron chi connectivity index (χ0n) is 23.9. The van der Waals surface area contributed by atoms with E-state index in [4.69, 9.17) is 22.2 Å². The van der Waals surface area contributed by atoms with E-state index in [0.29, 0.717) is 6.54 Å². The third-order valence-corrected chi connectivity index (χ3v) is 9.66. The number of unbranched alkanes of at least 4 members (excludes halogenated alkanes) is 27. The van der Waals surface area contributed by atoms with E-state index in [-0.39, 0.29) is 0 Å². The van der Waals surface area contributed by atoms with Gasteiger partial charge in [-0.05, 0) is 12.5 Å². The first-order valence-electron chi connectivity index (χ1n) is 16.1. The molecule has 0 bridgehead atoms. The Balaban J connectivity index is 3.03. The normalized spacial score (nSPS) is 11.3. The molecule has 0 amide bonds. The summed E-state index contributed by atoms with van der Waals surface area (Å²) >= 11 is 11.8. The molecule has 5 heteroatoms. The van der Waals surface area contributed by atoms with E-state index in [0.717, 1.165) is 12.5 Å². The maximum absolute atomic E-state index is 9.98. The number of nitrogens with zero attached hydrogens (tertiary/aromatic N) is 1. The summed E-state index contributed by atoms with van der Waals surface area (Å²) in [6.45, 7) is 0.666. The molecule has 0 aromatic carbocycles. The fourth-order valence-electron chi connectivity index (χ4n) is 5.13. The molecule has 0 heterocycles. The van der Waals surface area contributed by atoms with Gasteiger partial charge in [0.15, 0.2) is 0 Å². The second-order valence-corrected chi connectivity index (χ2v) is 16.2. The van der Waals surface area contributed by atoms with Gasteiger partial charge in [-0.2, -0.15) is 22.2 Å². The summed E-state index contributed by atoms with van der Waals surface area (Å²) in [4.78, 5) is 13.6. The first kappa shape index (κ1) is 36.2. The van der Waals surface area contributed by atoms with Gasteiger partial charge in [-0.1, -0.05) is 173 Å². The monoisotopic (exact) mass is 561 g/mol. The molecule has 0 aliphatic rings. The smallest absolute Gasteiger partial charge is 0.211 e. The number of halogens is 2. The number of aliphatic imine (C=N–C) groups is 1. The van der Waals surface area contributed by atoms with E-state index in [1.807, 2.05) is 0 Å². The third-order valence-electron chi connectivity index (χ3n) is 7.51. The van der Waals surface area contributed by atoms with Crippen molar-refractivity contribution in [3.63, 3.8) is 0 Å². The molecule has 0 aliphatic carbocycles. The lowest BCUT2D eigenvalue weighted by molar-refractivity contribution is 0.514. The Hall–Kier alpha value is 0.177. The van der Waals surface area contributed by atoms with Gasteiger partial charge in [0.05, 0.1) is 6.54 Å². The van der Waals surface area contributed by atoms with Crippen LogP contribution in [0, 0.1) is 0 Å². The van der Waals surface area contributed by atoms with E-state index >= 15 is 0 Å². The molecule has 0 spiro atoms. The van der Waals surface area contributed by atoms with Crippen LogP contribution in [0.5, 0.6) is 0 Å². The SMILES string of the molecule is O=C=NCCCCCCCCCCCCCCCCCCCCCCCCCCCCCC[SiH](Cl)Cl. The average Bonchev–Trinajstić information content (AvgIpc) is 2.87. The lowest BCUT2D eigenvalue weighted by Crippen LogP contribution is -1.91. The first-order valence-corrected chi connectivity index (χ1v) is 20.4. The van der Waals surface area contributed by atoms with Crippen LogP contribution >= 0.6 is 22.2 Å². The van der Waals surface area contributed by atoms with E-state index in [1.54, 1.807) is 6.08 Å². The van der Waals surface area contributed by atoms with Gasteiger partial charge >= 0.3 is 0 Å². The third kappa shape index (κ3) is 34.2. The largest absolute Gasteiger partial charge is 0.237 e. The molecule has 0 aromatic rings. The summed E-state index contributed by atoms with van der Waals surface area (Å²) < 4.78 is 0. The maximum atomic E-state index is 9.98. The molecule has 0 atom stereocenters. The van der Waals surface area contributed by atoms with Crippen molar-refractivity contribution in [3.05, 3.63) is 0 Å². The van der Waals surface area contributed by atoms with E-state index in [2.05, 4.69) is 4.99 Å². The van der Waals surface area contributed by atoms with Gasteiger partial charge in [0.2, 0.25) is 13.5 Å². The highest BCUT2D eigenvalue weighted by Gasteiger charge is 2.01. The molecular weight excluding hydrogens is 501 g/mol. The minimum Gasteiger partial charge on any atom is -0.211 e. The lowest BCUT2D eigenvalue weighted by Gasteiger charge is -2.04. The van der Waals surface area contributed by atoms with Crippen LogP contribution in [0.25, 0.3) is 0 Å². The quantitative estimate of drug-likeness (QED) is 0.0272. The van der Waals surface area contributed by atoms with Crippen LogP contribution in [0.4, 0.5) is 0 Å². The summed E-state index contributed by atoms with van der Waals surface area (Å²) in [5, 5.41) is 0. The van der Waals surface area contributed by atoms with Gasteiger partial charge in [-0.25, -0.2) is 9.79 Å². The zero-order valence-corrected chi connectivity index (χ0v) is 26.6. The fraction of sp³-hybridized carbons (Fsp3) is 0.968. The number of hydrogen-bond acceptors (Lipinski definition) is 2. The van der Waals surface area contributed by atoms with E-state index in [9.17, 15) is 4.79 Å². The highest BCUT2D eigenvalue weighted by atomic mass is 35.7. The Morgan fingerprint density at radius 2 is 0.611 bits per heavy atom. The molecule has 0 fully saturated rings. The van der Waals surface area contributed by atoms with Crippen molar-refractivity contribution < 1.29 is 4.79 Å². The molecule has 2 nitrogen and oxygen atoms in total. The van der Waals surface area contributed by atoms with E-state index in [1.165, 1.54) is 173 Å². The van der Waals surface area contributed by atoms with Gasteiger partial charge in [0.1, 0.15) is 0 Å². The van der Waals surface area contributed by atoms with Crippen molar-refractivity contribution in [1.29, 1.82) is 0 Å². The molecule has 0 aliphatic heterocycles. The summed E-state index contributed by atoms with van der Waals surface area (Å²) in [6, 6.07) is 1.09. The van der Waals surface area contributed by atoms with Crippen molar-refractivity contribution in [3.8, 4) is 0 Å². The summed E-state index contributed by atoms with van der Waals surface area (Å²) in [6.07, 6.45) is 40.7. The van der Waals surface area contributed by atoms with Crippen LogP contribution in [0.2, 0.25) is 6.04 Å². The van der Waals surface area contributed by atoms with Crippen molar-refractivity contribution in [2.24, 2.45) is 4.99 Å². The molecule has 0 N–H and O–H groups in total. The summed E-state index contributed by atoms with van der Waals surface area (Å²) in [7, 11) is -1.34. The van der Waals surface area contributed by atoms with Crippen LogP contribution in [0.3, 0.4) is 0 Å². The Bertz CT molecular complexity index is 458. The Kier molecular flexibility index (Phi) is 33.4. The standard InChI is InChI=1S/C31H61Cl2NOSi/c32-36(33)30-28-26-24-22-20-18-16-14-12-10-8-6-4-2-1-3-5-7-9-11-13-15-17-19-21-23-25-27-29-34-31-35/h36H,1-30H2. The van der Waals surface area contributed by atoms with Crippen molar-refractivity contribution in [2.75, 3.05) is 6.54 Å². The second-order valence-electron chi connectivity index (χ2n) is 11.1. The first-order chi connectivity index (χ1) is 17.8. The molecule has 0 rings (SSSR count). The predicted octanol–water partition coefficient (Wildman–Crippen LogP) is 11.9. The molecular formula is C31H61Cl2NOSi. The molecule has 0 saturated carbocycles. The van der Waals surface area contributed by atoms with E-state index < -0.39 is 7.42 Å². The van der Waals surface area contributed by atoms with Crippen LogP contribution < -0.4 is 0 Å². The van der Waals surface area contributed by atoms with Crippen LogP contribution in [-0.4, -0.2) is 20.0 Å². The van der Waals surface area contributed by atoms with Gasteiger partial charge in [0.25, 0.3) is 0 Å². The average molecular weight is 563 g/mol. The van der Waals surface area contributed by atoms with Crippen LogP contribution in [0.15, 0.2) is 4.99 Å². The molecule has 214 valence electrons. The van der Waals surface area contributed by atoms with Gasteiger partial charge in [0, 0.05) is 0 Å². The molecule has 0 aromatic heterocycles. The molecule has 0 radical (unpaired) electrons. The summed E-state index contributed by atoms with van der Waals surface area (Å²) in [5.74, 6) is 0. The molecule has 0 saturated heterocycles. The van der Waals surface area contributed by atoms with Crippen LogP contribution in [-0.2, 0) is 4.79 Å². The molecule has 0 unspecified atom stereocenters. The predicted molar refractivity (Wildman–Crippen MR) is 166 cm³/mol. The highest BCUT2D eigenvalue weighted by molar-refractivity contribution is 7.33. The van der Waals surface area contributed by atoms with Gasteiger partial charge in [-0.3, -0.25) is 0 Å². The van der Waals surface area contributed by atoms with Gasteiger partial charge < -0.3 is 0 Å². The number of hydrogen-bond donors (Lipinski definition) is 0. The minimum atomic E-state index is -1.34. The Morgan fingerprint density at radius 1 is 0.389 bits per heavy atom. The number of rotatable bonds is 31. The number of isocyanates is 1. The van der Waals surface area contributed by atoms with Crippen molar-refractivity contribution >= 4 is 35.7 Å². The highest BCUT2D eigenvalue weighted by Crippen LogP contribution is 2.17. The number of carbonyl (C=O) groups excluding carboxylic acids is 1. The van der Waals surface area contributed by atoms with Gasteiger partial charge in [-0.15, -0.1) is 0 Å². The second kappa shape index (κ2) is 33.2. The zero-order chi connectivity index (χ0) is 26.2. The topological polar surface area (TPSA) is 29.4 Å². The van der Waals surface area contributed by atoms with Crippen molar-refractivity contribution in [2.45, 2.75) is 186 Å². The van der Waals surface area contributed by atoms with Crippen molar-refractivity contribution in [1.82, 2.24) is 0 Å². The summed E-state index contributed by atoms with van der Waals surface area (Å²) in [5.41, 5.74) is 0. The Morgan fingerprint density at radius 3 is 0.833 bits per heavy atom. The maximum Gasteiger partial charge on any atom is 0.237 e.